The zero-order valence-corrected chi connectivity index (χ0v) is 10.9. The molecule has 0 aliphatic carbocycles. The summed E-state index contributed by atoms with van der Waals surface area (Å²) in [6.45, 7) is 3.24. The molecule has 1 saturated heterocycles. The first kappa shape index (κ1) is 12.2. The molecule has 0 aromatic carbocycles. The van der Waals surface area contributed by atoms with E-state index >= 15 is 0 Å². The molecule has 0 spiro atoms. The normalized spacial score (nSPS) is 20.3. The van der Waals surface area contributed by atoms with E-state index in [4.69, 9.17) is 0 Å². The smallest absolute Gasteiger partial charge is 0.0630 e. The van der Waals surface area contributed by atoms with E-state index in [2.05, 4.69) is 32.0 Å². The van der Waals surface area contributed by atoms with Gasteiger partial charge in [0, 0.05) is 50.0 Å². The van der Waals surface area contributed by atoms with Crippen LogP contribution in [0, 0.1) is 0 Å². The standard InChI is InChI=1S/C15H18N4/c1-2-14(15-10-17-7-8-18-15)12-19(9-1)11-13-3-5-16-6-4-13/h3-8,10,14H,1-2,9,11-12H2/t14-/m1/s1. The number of piperidine rings is 1. The van der Waals surface area contributed by atoms with Crippen LogP contribution in [0.2, 0.25) is 0 Å². The minimum Gasteiger partial charge on any atom is -0.298 e. The van der Waals surface area contributed by atoms with E-state index < -0.39 is 0 Å². The lowest BCUT2D eigenvalue weighted by molar-refractivity contribution is 0.198. The Hall–Kier alpha value is -1.81. The van der Waals surface area contributed by atoms with Gasteiger partial charge in [-0.1, -0.05) is 0 Å². The predicted molar refractivity (Wildman–Crippen MR) is 73.5 cm³/mol. The quantitative estimate of drug-likeness (QED) is 0.842. The third-order valence-electron chi connectivity index (χ3n) is 3.66. The molecule has 0 N–H and O–H groups in total. The summed E-state index contributed by atoms with van der Waals surface area (Å²) in [6, 6.07) is 4.18. The molecule has 98 valence electrons. The average Bonchev–Trinajstić information content (AvgIpc) is 2.49. The summed E-state index contributed by atoms with van der Waals surface area (Å²) in [4.78, 5) is 15.2. The Bertz CT molecular complexity index is 500. The minimum atomic E-state index is 0.518. The zero-order valence-electron chi connectivity index (χ0n) is 10.9. The van der Waals surface area contributed by atoms with Crippen LogP contribution in [0.15, 0.2) is 43.1 Å². The first-order valence-electron chi connectivity index (χ1n) is 6.79. The number of likely N-dealkylation sites (tertiary alicyclic amines) is 1. The predicted octanol–water partition coefficient (Wildman–Crippen LogP) is 2.25. The summed E-state index contributed by atoms with van der Waals surface area (Å²) >= 11 is 0. The van der Waals surface area contributed by atoms with Crippen molar-refractivity contribution in [2.45, 2.75) is 25.3 Å². The van der Waals surface area contributed by atoms with Gasteiger partial charge in [-0.15, -0.1) is 0 Å². The van der Waals surface area contributed by atoms with E-state index in [0.717, 1.165) is 18.8 Å². The Morgan fingerprint density at radius 1 is 1.11 bits per heavy atom. The second kappa shape index (κ2) is 5.89. The second-order valence-corrected chi connectivity index (χ2v) is 5.06. The van der Waals surface area contributed by atoms with Crippen molar-refractivity contribution in [2.24, 2.45) is 0 Å². The molecule has 0 saturated carbocycles. The molecule has 19 heavy (non-hydrogen) atoms. The fraction of sp³-hybridized carbons (Fsp3) is 0.400. The largest absolute Gasteiger partial charge is 0.298 e. The van der Waals surface area contributed by atoms with E-state index in [9.17, 15) is 0 Å². The summed E-state index contributed by atoms with van der Waals surface area (Å²) in [5.41, 5.74) is 2.46. The molecule has 1 fully saturated rings. The van der Waals surface area contributed by atoms with Crippen molar-refractivity contribution < 1.29 is 0 Å². The number of hydrogen-bond donors (Lipinski definition) is 0. The van der Waals surface area contributed by atoms with E-state index in [1.54, 1.807) is 12.4 Å². The molecule has 0 radical (unpaired) electrons. The maximum absolute atomic E-state index is 4.44. The summed E-state index contributed by atoms with van der Waals surface area (Å²) in [6.07, 6.45) is 11.6. The van der Waals surface area contributed by atoms with Gasteiger partial charge in [-0.2, -0.15) is 0 Å². The van der Waals surface area contributed by atoms with Crippen LogP contribution in [0.3, 0.4) is 0 Å². The van der Waals surface area contributed by atoms with Crippen molar-refractivity contribution in [1.82, 2.24) is 19.9 Å². The van der Waals surface area contributed by atoms with Crippen molar-refractivity contribution in [3.05, 3.63) is 54.4 Å². The molecular formula is C15H18N4. The Balaban J connectivity index is 1.65. The fourth-order valence-corrected chi connectivity index (χ4v) is 2.71. The number of hydrogen-bond acceptors (Lipinski definition) is 4. The molecule has 4 nitrogen and oxygen atoms in total. The molecule has 2 aromatic rings. The highest BCUT2D eigenvalue weighted by molar-refractivity contribution is 5.11. The number of aromatic nitrogens is 3. The summed E-state index contributed by atoms with van der Waals surface area (Å²) < 4.78 is 0. The lowest BCUT2D eigenvalue weighted by Gasteiger charge is -2.32. The molecule has 2 aromatic heterocycles. The third-order valence-corrected chi connectivity index (χ3v) is 3.66. The Morgan fingerprint density at radius 3 is 2.79 bits per heavy atom. The highest BCUT2D eigenvalue weighted by atomic mass is 15.1. The van der Waals surface area contributed by atoms with Gasteiger partial charge in [0.25, 0.3) is 0 Å². The molecule has 1 atom stereocenters. The van der Waals surface area contributed by atoms with Gasteiger partial charge in [0.05, 0.1) is 5.69 Å². The molecule has 1 aliphatic heterocycles. The van der Waals surface area contributed by atoms with Crippen molar-refractivity contribution in [3.63, 3.8) is 0 Å². The van der Waals surface area contributed by atoms with Crippen LogP contribution in [0.25, 0.3) is 0 Å². The van der Waals surface area contributed by atoms with Crippen LogP contribution in [0.1, 0.15) is 30.0 Å². The fourth-order valence-electron chi connectivity index (χ4n) is 2.71. The molecule has 3 rings (SSSR count). The molecule has 0 bridgehead atoms. The zero-order chi connectivity index (χ0) is 12.9. The molecule has 1 aliphatic rings. The van der Waals surface area contributed by atoms with E-state index in [1.807, 2.05) is 18.6 Å². The summed E-state index contributed by atoms with van der Waals surface area (Å²) in [7, 11) is 0. The SMILES string of the molecule is c1cc(CN2CCC[C@@H](c3cnccn3)C2)ccn1. The van der Waals surface area contributed by atoms with Gasteiger partial charge in [-0.05, 0) is 37.1 Å². The highest BCUT2D eigenvalue weighted by Gasteiger charge is 2.22. The van der Waals surface area contributed by atoms with Gasteiger partial charge in [0.1, 0.15) is 0 Å². The van der Waals surface area contributed by atoms with Gasteiger partial charge in [-0.3, -0.25) is 19.9 Å². The molecular weight excluding hydrogens is 236 g/mol. The molecule has 0 unspecified atom stereocenters. The second-order valence-electron chi connectivity index (χ2n) is 5.06. The highest BCUT2D eigenvalue weighted by Crippen LogP contribution is 2.25. The van der Waals surface area contributed by atoms with Gasteiger partial charge in [-0.25, -0.2) is 0 Å². The Morgan fingerprint density at radius 2 is 2.00 bits per heavy atom. The van der Waals surface area contributed by atoms with Crippen molar-refractivity contribution >= 4 is 0 Å². The van der Waals surface area contributed by atoms with Gasteiger partial charge >= 0.3 is 0 Å². The minimum absolute atomic E-state index is 0.518. The summed E-state index contributed by atoms with van der Waals surface area (Å²) in [5, 5.41) is 0. The van der Waals surface area contributed by atoms with E-state index in [1.165, 1.54) is 24.9 Å². The van der Waals surface area contributed by atoms with E-state index in [0.29, 0.717) is 5.92 Å². The topological polar surface area (TPSA) is 41.9 Å². The number of pyridine rings is 1. The Labute approximate surface area is 113 Å². The first-order chi connectivity index (χ1) is 9.42. The van der Waals surface area contributed by atoms with Crippen LogP contribution in [-0.2, 0) is 6.54 Å². The summed E-state index contributed by atoms with van der Waals surface area (Å²) in [5.74, 6) is 0.518. The molecule has 4 heteroatoms. The van der Waals surface area contributed by atoms with Gasteiger partial charge in [0.15, 0.2) is 0 Å². The van der Waals surface area contributed by atoms with Crippen LogP contribution in [-0.4, -0.2) is 32.9 Å². The number of nitrogens with zero attached hydrogens (tertiary/aromatic N) is 4. The lowest BCUT2D eigenvalue weighted by atomic mass is 9.95. The van der Waals surface area contributed by atoms with Crippen LogP contribution in [0.4, 0.5) is 0 Å². The molecule has 3 heterocycles. The van der Waals surface area contributed by atoms with Crippen LogP contribution >= 0.6 is 0 Å². The van der Waals surface area contributed by atoms with Gasteiger partial charge < -0.3 is 0 Å². The monoisotopic (exact) mass is 254 g/mol. The third kappa shape index (κ3) is 3.15. The Kier molecular flexibility index (Phi) is 3.79. The van der Waals surface area contributed by atoms with Crippen molar-refractivity contribution in [3.8, 4) is 0 Å². The lowest BCUT2D eigenvalue weighted by Crippen LogP contribution is -2.34. The van der Waals surface area contributed by atoms with Crippen molar-refractivity contribution in [1.29, 1.82) is 0 Å². The van der Waals surface area contributed by atoms with Crippen LogP contribution < -0.4 is 0 Å². The molecule has 0 amide bonds. The first-order valence-corrected chi connectivity index (χ1v) is 6.79. The van der Waals surface area contributed by atoms with Crippen LogP contribution in [0.5, 0.6) is 0 Å². The van der Waals surface area contributed by atoms with E-state index in [-0.39, 0.29) is 0 Å². The van der Waals surface area contributed by atoms with Gasteiger partial charge in [0.2, 0.25) is 0 Å². The maximum atomic E-state index is 4.44. The maximum Gasteiger partial charge on any atom is 0.0630 e. The average molecular weight is 254 g/mol. The van der Waals surface area contributed by atoms with Crippen molar-refractivity contribution in [2.75, 3.05) is 13.1 Å². The number of rotatable bonds is 3.